The normalized spacial score (nSPS) is 13.6. The molecule has 1 N–H and O–H groups in total. The highest BCUT2D eigenvalue weighted by molar-refractivity contribution is 6.30. The molecule has 2 heterocycles. The van der Waals surface area contributed by atoms with E-state index in [1.165, 1.54) is 0 Å². The smallest absolute Gasteiger partial charge is 0.412 e. The number of carbonyl (C=O) groups is 2. The summed E-state index contributed by atoms with van der Waals surface area (Å²) in [7, 11) is 1.81. The molecule has 2 amide bonds. The number of carbonyl (C=O) groups excluding carboxylic acids is 2. The monoisotopic (exact) mass is 537 g/mol. The molecular weight excluding hydrogens is 506 g/mol. The molecule has 10 heteroatoms. The molecule has 200 valence electrons. The van der Waals surface area contributed by atoms with Gasteiger partial charge in [0.25, 0.3) is 5.91 Å². The number of ether oxygens (including phenoxy) is 2. The Bertz CT molecular complexity index is 1220. The Balaban J connectivity index is 1.25. The summed E-state index contributed by atoms with van der Waals surface area (Å²) in [5, 5.41) is 3.41. The lowest BCUT2D eigenvalue weighted by atomic mass is 10.0. The van der Waals surface area contributed by atoms with Gasteiger partial charge in [-0.1, -0.05) is 41.9 Å². The third-order valence-electron chi connectivity index (χ3n) is 6.61. The lowest BCUT2D eigenvalue weighted by Crippen LogP contribution is -2.47. The van der Waals surface area contributed by atoms with Gasteiger partial charge < -0.3 is 19.3 Å². The molecule has 1 aromatic heterocycles. The predicted molar refractivity (Wildman–Crippen MR) is 147 cm³/mol. The molecule has 1 aliphatic rings. The van der Waals surface area contributed by atoms with Gasteiger partial charge in [0, 0.05) is 36.9 Å². The molecule has 4 rings (SSSR count). The SMILES string of the molecule is Cc1nc(OCC(=O)N(C)C2CCN(c3ccc(Cl)cc3)CC2)nc(C)c1NC(=O)OCc1ccccc1. The van der Waals surface area contributed by atoms with E-state index in [2.05, 4.69) is 20.2 Å². The number of anilines is 2. The minimum Gasteiger partial charge on any atom is -0.453 e. The lowest BCUT2D eigenvalue weighted by Gasteiger charge is -2.37. The Labute approximate surface area is 227 Å². The predicted octanol–water partition coefficient (Wildman–Crippen LogP) is 5.00. The Morgan fingerprint density at radius 2 is 1.66 bits per heavy atom. The van der Waals surface area contributed by atoms with Gasteiger partial charge in [-0.25, -0.2) is 4.79 Å². The van der Waals surface area contributed by atoms with Crippen LogP contribution in [0.2, 0.25) is 5.02 Å². The number of rotatable bonds is 8. The molecule has 0 saturated carbocycles. The number of aryl methyl sites for hydroxylation is 2. The molecule has 0 spiro atoms. The first-order chi connectivity index (χ1) is 18.3. The molecule has 1 saturated heterocycles. The van der Waals surface area contributed by atoms with E-state index in [9.17, 15) is 9.59 Å². The van der Waals surface area contributed by atoms with Crippen LogP contribution in [-0.2, 0) is 16.1 Å². The van der Waals surface area contributed by atoms with Crippen LogP contribution in [0.5, 0.6) is 6.01 Å². The summed E-state index contributed by atoms with van der Waals surface area (Å²) in [5.41, 5.74) is 3.50. The van der Waals surface area contributed by atoms with Crippen molar-refractivity contribution in [2.75, 3.05) is 37.0 Å². The van der Waals surface area contributed by atoms with Gasteiger partial charge in [0.2, 0.25) is 0 Å². The van der Waals surface area contributed by atoms with Crippen LogP contribution >= 0.6 is 11.6 Å². The lowest BCUT2D eigenvalue weighted by molar-refractivity contribution is -0.134. The summed E-state index contributed by atoms with van der Waals surface area (Å²) in [5.74, 6) is -0.138. The third kappa shape index (κ3) is 7.13. The van der Waals surface area contributed by atoms with Gasteiger partial charge >= 0.3 is 12.1 Å². The van der Waals surface area contributed by atoms with Crippen molar-refractivity contribution in [3.8, 4) is 6.01 Å². The molecule has 0 unspecified atom stereocenters. The van der Waals surface area contributed by atoms with Crippen LogP contribution in [0, 0.1) is 13.8 Å². The second kappa shape index (κ2) is 12.6. The van der Waals surface area contributed by atoms with Gasteiger partial charge in [-0.3, -0.25) is 10.1 Å². The van der Waals surface area contributed by atoms with E-state index in [0.717, 1.165) is 42.2 Å². The number of amides is 2. The fraction of sp³-hybridized carbons (Fsp3) is 0.357. The largest absolute Gasteiger partial charge is 0.453 e. The second-order valence-electron chi connectivity index (χ2n) is 9.23. The van der Waals surface area contributed by atoms with Crippen LogP contribution in [0.4, 0.5) is 16.2 Å². The fourth-order valence-electron chi connectivity index (χ4n) is 4.39. The molecule has 38 heavy (non-hydrogen) atoms. The summed E-state index contributed by atoms with van der Waals surface area (Å²) < 4.78 is 10.9. The van der Waals surface area contributed by atoms with Crippen molar-refractivity contribution in [1.82, 2.24) is 14.9 Å². The van der Waals surface area contributed by atoms with Crippen LogP contribution in [0.1, 0.15) is 29.8 Å². The quantitative estimate of drug-likeness (QED) is 0.432. The van der Waals surface area contributed by atoms with Crippen molar-refractivity contribution in [3.05, 3.63) is 76.6 Å². The van der Waals surface area contributed by atoms with E-state index in [4.69, 9.17) is 21.1 Å². The van der Waals surface area contributed by atoms with Crippen molar-refractivity contribution in [1.29, 1.82) is 0 Å². The molecular formula is C28H32ClN5O4. The van der Waals surface area contributed by atoms with Gasteiger partial charge in [0.05, 0.1) is 17.1 Å². The van der Waals surface area contributed by atoms with Crippen molar-refractivity contribution in [2.24, 2.45) is 0 Å². The molecule has 1 aliphatic heterocycles. The summed E-state index contributed by atoms with van der Waals surface area (Å²) in [6.07, 6.45) is 1.12. The molecule has 0 aliphatic carbocycles. The molecule has 0 atom stereocenters. The highest BCUT2D eigenvalue weighted by Gasteiger charge is 2.26. The van der Waals surface area contributed by atoms with Crippen LogP contribution < -0.4 is 15.0 Å². The fourth-order valence-corrected chi connectivity index (χ4v) is 4.51. The molecule has 0 bridgehead atoms. The van der Waals surface area contributed by atoms with Gasteiger partial charge in [-0.2, -0.15) is 9.97 Å². The second-order valence-corrected chi connectivity index (χ2v) is 9.66. The number of nitrogens with zero attached hydrogens (tertiary/aromatic N) is 4. The number of benzene rings is 2. The summed E-state index contributed by atoms with van der Waals surface area (Å²) >= 11 is 5.99. The van der Waals surface area contributed by atoms with Crippen LogP contribution in [0.25, 0.3) is 0 Å². The Morgan fingerprint density at radius 1 is 1.03 bits per heavy atom. The average molecular weight is 538 g/mol. The Kier molecular flexibility index (Phi) is 9.02. The summed E-state index contributed by atoms with van der Waals surface area (Å²) in [6, 6.07) is 17.4. The number of piperidine rings is 1. The third-order valence-corrected chi connectivity index (χ3v) is 6.86. The number of halogens is 1. The summed E-state index contributed by atoms with van der Waals surface area (Å²) in [4.78, 5) is 37.7. The van der Waals surface area contributed by atoms with E-state index in [-0.39, 0.29) is 31.2 Å². The first kappa shape index (κ1) is 27.2. The van der Waals surface area contributed by atoms with E-state index in [1.807, 2.05) is 54.6 Å². The van der Waals surface area contributed by atoms with Crippen molar-refractivity contribution in [3.63, 3.8) is 0 Å². The summed E-state index contributed by atoms with van der Waals surface area (Å²) in [6.45, 7) is 5.16. The Morgan fingerprint density at radius 3 is 2.29 bits per heavy atom. The molecule has 9 nitrogen and oxygen atoms in total. The molecule has 0 radical (unpaired) electrons. The minimum atomic E-state index is -0.601. The highest BCUT2D eigenvalue weighted by Crippen LogP contribution is 2.24. The van der Waals surface area contributed by atoms with Gasteiger partial charge in [-0.15, -0.1) is 0 Å². The van der Waals surface area contributed by atoms with Gasteiger partial charge in [0.15, 0.2) is 6.61 Å². The number of nitrogens with one attached hydrogen (secondary N) is 1. The maximum absolute atomic E-state index is 12.8. The first-order valence-electron chi connectivity index (χ1n) is 12.5. The van der Waals surface area contributed by atoms with Crippen LogP contribution in [0.15, 0.2) is 54.6 Å². The maximum Gasteiger partial charge on any atom is 0.412 e. The van der Waals surface area contributed by atoms with Gasteiger partial charge in [0.1, 0.15) is 6.61 Å². The van der Waals surface area contributed by atoms with E-state index >= 15 is 0 Å². The van der Waals surface area contributed by atoms with E-state index < -0.39 is 6.09 Å². The van der Waals surface area contributed by atoms with Gasteiger partial charge in [-0.05, 0) is 56.5 Å². The first-order valence-corrected chi connectivity index (χ1v) is 12.9. The number of aromatic nitrogens is 2. The van der Waals surface area contributed by atoms with E-state index in [1.54, 1.807) is 25.8 Å². The van der Waals surface area contributed by atoms with Crippen LogP contribution in [0.3, 0.4) is 0 Å². The number of hydrogen-bond donors (Lipinski definition) is 1. The molecule has 3 aromatic rings. The molecule has 1 fully saturated rings. The average Bonchev–Trinajstić information content (AvgIpc) is 2.93. The number of hydrogen-bond acceptors (Lipinski definition) is 7. The zero-order valence-electron chi connectivity index (χ0n) is 21.8. The zero-order chi connectivity index (χ0) is 27.1. The number of likely N-dealkylation sites (N-methyl/N-ethyl adjacent to an activating group) is 1. The standard InChI is InChI=1S/C28H32ClN5O4/c1-19-26(32-28(36)38-17-21-7-5-4-6-8-21)20(2)31-27(30-19)37-18-25(35)33(3)23-13-15-34(16-14-23)24-11-9-22(29)10-12-24/h4-12,23H,13-18H2,1-3H3,(H,32,36). The zero-order valence-corrected chi connectivity index (χ0v) is 22.6. The van der Waals surface area contributed by atoms with Crippen LogP contribution in [-0.4, -0.2) is 59.7 Å². The minimum absolute atomic E-state index is 0.0857. The topological polar surface area (TPSA) is 96.9 Å². The highest BCUT2D eigenvalue weighted by atomic mass is 35.5. The van der Waals surface area contributed by atoms with Crippen molar-refractivity contribution >= 4 is 35.0 Å². The maximum atomic E-state index is 12.8. The molecule has 2 aromatic carbocycles. The van der Waals surface area contributed by atoms with Crippen molar-refractivity contribution < 1.29 is 19.1 Å². The Hall–Kier alpha value is -3.85. The van der Waals surface area contributed by atoms with Crippen molar-refractivity contribution in [2.45, 2.75) is 39.3 Å². The van der Waals surface area contributed by atoms with E-state index in [0.29, 0.717) is 17.1 Å².